The summed E-state index contributed by atoms with van der Waals surface area (Å²) < 4.78 is 8.38. The summed E-state index contributed by atoms with van der Waals surface area (Å²) in [6.45, 7) is 5.57. The van der Waals surface area contributed by atoms with Crippen molar-refractivity contribution < 1.29 is 9.53 Å². The molecule has 3 aromatic heterocycles. The lowest BCUT2D eigenvalue weighted by molar-refractivity contribution is 0.0994. The largest absolute Gasteiger partial charge is 0.490 e. The van der Waals surface area contributed by atoms with Gasteiger partial charge in [-0.1, -0.05) is 32.4 Å². The number of amides is 1. The molecule has 1 aliphatic rings. The van der Waals surface area contributed by atoms with Gasteiger partial charge in [0.05, 0.1) is 11.6 Å². The van der Waals surface area contributed by atoms with Crippen molar-refractivity contribution in [1.82, 2.24) is 24.6 Å². The van der Waals surface area contributed by atoms with E-state index in [1.54, 1.807) is 10.7 Å². The van der Waals surface area contributed by atoms with E-state index < -0.39 is 5.91 Å². The minimum atomic E-state index is -0.523. The van der Waals surface area contributed by atoms with Crippen LogP contribution in [0.2, 0.25) is 0 Å². The number of pyridine rings is 1. The number of hydrogen-bond donors (Lipinski definition) is 1. The third kappa shape index (κ3) is 3.81. The molecule has 1 fully saturated rings. The molecule has 34 heavy (non-hydrogen) atoms. The van der Waals surface area contributed by atoms with Crippen LogP contribution in [-0.4, -0.2) is 49.7 Å². The number of primary amides is 1. The van der Waals surface area contributed by atoms with E-state index in [2.05, 4.69) is 44.9 Å². The number of aromatic nitrogens is 5. The first-order valence-electron chi connectivity index (χ1n) is 11.9. The summed E-state index contributed by atoms with van der Waals surface area (Å²) in [6, 6.07) is 8.09. The number of rotatable bonds is 8. The van der Waals surface area contributed by atoms with Gasteiger partial charge in [0, 0.05) is 23.7 Å². The number of benzene rings is 1. The molecule has 0 bridgehead atoms. The van der Waals surface area contributed by atoms with Crippen LogP contribution in [0.1, 0.15) is 54.7 Å². The highest BCUT2D eigenvalue weighted by Gasteiger charge is 2.29. The quantitative estimate of drug-likeness (QED) is 0.430. The number of ether oxygens (including phenoxy) is 1. The number of fused-ring (bicyclic) bond motifs is 2. The summed E-state index contributed by atoms with van der Waals surface area (Å²) in [5.41, 5.74) is 8.74. The molecular formula is C25H29N7O2. The molecular weight excluding hydrogens is 430 g/mol. The molecule has 0 radical (unpaired) electrons. The second-order valence-corrected chi connectivity index (χ2v) is 8.62. The summed E-state index contributed by atoms with van der Waals surface area (Å²) in [7, 11) is 0. The SMILES string of the molecule is CCCc1c(C(N)=O)nc2cccc(CC)c2c1OC[C@H]1CCCN1c1ccnc2ncnn12. The minimum Gasteiger partial charge on any atom is -0.490 e. The van der Waals surface area contributed by atoms with Gasteiger partial charge in [0.25, 0.3) is 11.7 Å². The van der Waals surface area contributed by atoms with Crippen LogP contribution in [0.4, 0.5) is 5.82 Å². The first kappa shape index (κ1) is 22.1. The number of aryl methyl sites for hydroxylation is 1. The van der Waals surface area contributed by atoms with Gasteiger partial charge < -0.3 is 15.4 Å². The van der Waals surface area contributed by atoms with E-state index in [0.29, 0.717) is 24.5 Å². The van der Waals surface area contributed by atoms with E-state index in [9.17, 15) is 4.79 Å². The van der Waals surface area contributed by atoms with Crippen molar-refractivity contribution in [3.8, 4) is 5.75 Å². The Morgan fingerprint density at radius 3 is 2.91 bits per heavy atom. The zero-order valence-electron chi connectivity index (χ0n) is 19.6. The molecule has 1 amide bonds. The average molecular weight is 460 g/mol. The smallest absolute Gasteiger partial charge is 0.267 e. The Morgan fingerprint density at radius 1 is 1.24 bits per heavy atom. The molecule has 0 spiro atoms. The molecule has 9 heteroatoms. The highest BCUT2D eigenvalue weighted by molar-refractivity contribution is 5.99. The maximum absolute atomic E-state index is 12.3. The van der Waals surface area contributed by atoms with Crippen molar-refractivity contribution in [2.45, 2.75) is 52.0 Å². The number of anilines is 1. The highest BCUT2D eigenvalue weighted by atomic mass is 16.5. The van der Waals surface area contributed by atoms with Gasteiger partial charge >= 0.3 is 0 Å². The molecule has 0 unspecified atom stereocenters. The molecule has 5 rings (SSSR count). The van der Waals surface area contributed by atoms with Gasteiger partial charge in [-0.25, -0.2) is 9.97 Å². The first-order chi connectivity index (χ1) is 16.6. The maximum Gasteiger partial charge on any atom is 0.267 e. The fourth-order valence-electron chi connectivity index (χ4n) is 4.96. The Labute approximate surface area is 198 Å². The summed E-state index contributed by atoms with van der Waals surface area (Å²) >= 11 is 0. The lowest BCUT2D eigenvalue weighted by Gasteiger charge is -2.27. The normalized spacial score (nSPS) is 15.9. The minimum absolute atomic E-state index is 0.151. The van der Waals surface area contributed by atoms with Gasteiger partial charge in [0.1, 0.15) is 30.2 Å². The van der Waals surface area contributed by atoms with Gasteiger partial charge in [0.2, 0.25) is 0 Å². The van der Waals surface area contributed by atoms with E-state index >= 15 is 0 Å². The number of nitrogens with zero attached hydrogens (tertiary/aromatic N) is 6. The monoisotopic (exact) mass is 459 g/mol. The van der Waals surface area contributed by atoms with Crippen LogP contribution in [0, 0.1) is 0 Å². The third-order valence-electron chi connectivity index (χ3n) is 6.51. The first-order valence-corrected chi connectivity index (χ1v) is 11.9. The van der Waals surface area contributed by atoms with Crippen molar-refractivity contribution >= 4 is 28.4 Å². The van der Waals surface area contributed by atoms with Crippen molar-refractivity contribution in [2.24, 2.45) is 5.73 Å². The van der Waals surface area contributed by atoms with Crippen molar-refractivity contribution in [1.29, 1.82) is 0 Å². The number of nitrogens with two attached hydrogens (primary N) is 1. The predicted molar refractivity (Wildman–Crippen MR) is 130 cm³/mol. The van der Waals surface area contributed by atoms with Crippen molar-refractivity contribution in [3.05, 3.63) is 53.6 Å². The van der Waals surface area contributed by atoms with Gasteiger partial charge in [-0.2, -0.15) is 14.6 Å². The van der Waals surface area contributed by atoms with Crippen LogP contribution < -0.4 is 15.4 Å². The topological polar surface area (TPSA) is 112 Å². The van der Waals surface area contributed by atoms with Gasteiger partial charge in [-0.05, 0) is 43.4 Å². The van der Waals surface area contributed by atoms with Gasteiger partial charge in [-0.3, -0.25) is 4.79 Å². The van der Waals surface area contributed by atoms with E-state index in [1.807, 2.05) is 18.2 Å². The van der Waals surface area contributed by atoms with Crippen LogP contribution in [0.3, 0.4) is 0 Å². The van der Waals surface area contributed by atoms with Crippen molar-refractivity contribution in [3.63, 3.8) is 0 Å². The van der Waals surface area contributed by atoms with E-state index in [1.165, 1.54) is 6.33 Å². The number of carbonyl (C=O) groups is 1. The molecule has 4 heterocycles. The zero-order chi connectivity index (χ0) is 23.7. The summed E-state index contributed by atoms with van der Waals surface area (Å²) in [6.07, 6.45) is 7.70. The molecule has 0 aliphatic carbocycles. The van der Waals surface area contributed by atoms with Crippen LogP contribution >= 0.6 is 0 Å². The lowest BCUT2D eigenvalue weighted by atomic mass is 9.98. The molecule has 4 aromatic rings. The second kappa shape index (κ2) is 9.24. The Hall–Kier alpha value is -3.75. The Bertz CT molecular complexity index is 1350. The third-order valence-corrected chi connectivity index (χ3v) is 6.51. The average Bonchev–Trinajstić information content (AvgIpc) is 3.52. The Kier molecular flexibility index (Phi) is 6.00. The molecule has 1 aromatic carbocycles. The van der Waals surface area contributed by atoms with Crippen LogP contribution in [-0.2, 0) is 12.8 Å². The Morgan fingerprint density at radius 2 is 2.12 bits per heavy atom. The van der Waals surface area contributed by atoms with Crippen LogP contribution in [0.5, 0.6) is 5.75 Å². The predicted octanol–water partition coefficient (Wildman–Crippen LogP) is 3.33. The maximum atomic E-state index is 12.3. The molecule has 176 valence electrons. The molecule has 0 saturated carbocycles. The van der Waals surface area contributed by atoms with E-state index in [4.69, 9.17) is 10.5 Å². The molecule has 1 atom stereocenters. The summed E-state index contributed by atoms with van der Waals surface area (Å²) in [4.78, 5) is 27.8. The second-order valence-electron chi connectivity index (χ2n) is 8.62. The highest BCUT2D eigenvalue weighted by Crippen LogP contribution is 2.36. The van der Waals surface area contributed by atoms with Crippen LogP contribution in [0.15, 0.2) is 36.8 Å². The standard InChI is InChI=1S/C25H29N7O2/c1-3-7-18-22(24(26)33)30-19-10-5-8-16(4-2)21(19)23(18)34-14-17-9-6-13-31(17)20-11-12-27-25-28-15-29-32(20)25/h5,8,10-12,15,17H,3-4,6-7,9,13-14H2,1-2H3,(H2,26,33)/t17-/m1/s1. The number of carbonyl (C=O) groups excluding carboxylic acids is 1. The number of hydrogen-bond acceptors (Lipinski definition) is 7. The summed E-state index contributed by atoms with van der Waals surface area (Å²) in [5.74, 6) is 1.75. The molecule has 2 N–H and O–H groups in total. The van der Waals surface area contributed by atoms with Crippen molar-refractivity contribution in [2.75, 3.05) is 18.1 Å². The summed E-state index contributed by atoms with van der Waals surface area (Å²) in [5, 5.41) is 5.33. The fraction of sp³-hybridized carbons (Fsp3) is 0.400. The van der Waals surface area contributed by atoms with E-state index in [-0.39, 0.29) is 6.04 Å². The Balaban J connectivity index is 1.54. The zero-order valence-corrected chi connectivity index (χ0v) is 19.6. The molecule has 1 saturated heterocycles. The lowest BCUT2D eigenvalue weighted by Crippen LogP contribution is -2.35. The van der Waals surface area contributed by atoms with Gasteiger partial charge in [0.15, 0.2) is 0 Å². The van der Waals surface area contributed by atoms with E-state index in [0.717, 1.165) is 65.8 Å². The molecule has 9 nitrogen and oxygen atoms in total. The van der Waals surface area contributed by atoms with Gasteiger partial charge in [-0.15, -0.1) is 0 Å². The van der Waals surface area contributed by atoms with Crippen LogP contribution in [0.25, 0.3) is 16.7 Å². The molecule has 1 aliphatic heterocycles. The fourth-order valence-corrected chi connectivity index (χ4v) is 4.96.